The molecule has 0 bridgehead atoms. The molecule has 2 atom stereocenters. The molecule has 0 aliphatic carbocycles. The van der Waals surface area contributed by atoms with Crippen LogP contribution in [0.25, 0.3) is 0 Å². The van der Waals surface area contributed by atoms with Gasteiger partial charge in [-0.2, -0.15) is 0 Å². The summed E-state index contributed by atoms with van der Waals surface area (Å²) in [4.78, 5) is 29.0. The fourth-order valence-corrected chi connectivity index (χ4v) is 5.85. The first-order chi connectivity index (χ1) is 19.0. The van der Waals surface area contributed by atoms with E-state index in [9.17, 15) is 18.0 Å². The van der Waals surface area contributed by atoms with Crippen LogP contribution >= 0.6 is 11.6 Å². The zero-order valence-electron chi connectivity index (χ0n) is 23.7. The number of nitrogens with zero attached hydrogens (tertiary/aromatic N) is 2. The van der Waals surface area contributed by atoms with E-state index in [0.717, 1.165) is 27.4 Å². The summed E-state index contributed by atoms with van der Waals surface area (Å²) in [5.74, 6) is -0.752. The van der Waals surface area contributed by atoms with E-state index in [4.69, 9.17) is 11.6 Å². The summed E-state index contributed by atoms with van der Waals surface area (Å²) in [5.41, 5.74) is 3.06. The fraction of sp³-hybridized carbons (Fsp3) is 0.355. The van der Waals surface area contributed by atoms with Gasteiger partial charge in [-0.15, -0.1) is 0 Å². The fourth-order valence-electron chi connectivity index (χ4n) is 4.31. The molecule has 0 heterocycles. The first kappa shape index (κ1) is 31.2. The molecule has 3 aromatic rings. The van der Waals surface area contributed by atoms with E-state index in [2.05, 4.69) is 5.32 Å². The number of anilines is 1. The quantitative estimate of drug-likeness (QED) is 0.289. The molecule has 3 rings (SSSR count). The Morgan fingerprint density at radius 2 is 1.52 bits per heavy atom. The van der Waals surface area contributed by atoms with Crippen molar-refractivity contribution >= 4 is 39.1 Å². The molecule has 9 heteroatoms. The molecule has 0 aliphatic rings. The van der Waals surface area contributed by atoms with Gasteiger partial charge in [-0.05, 0) is 81.1 Å². The lowest BCUT2D eigenvalue weighted by molar-refractivity contribution is -0.140. The van der Waals surface area contributed by atoms with Crippen LogP contribution < -0.4 is 9.62 Å². The molecule has 3 aromatic carbocycles. The van der Waals surface area contributed by atoms with Crippen molar-refractivity contribution in [3.05, 3.63) is 94.5 Å². The molecule has 0 spiro atoms. The van der Waals surface area contributed by atoms with E-state index in [1.807, 2.05) is 58.9 Å². The van der Waals surface area contributed by atoms with Gasteiger partial charge in [-0.25, -0.2) is 8.42 Å². The van der Waals surface area contributed by atoms with Crippen LogP contribution in [0.1, 0.15) is 50.3 Å². The lowest BCUT2D eigenvalue weighted by atomic mass is 10.1. The number of hydrogen-bond donors (Lipinski definition) is 1. The minimum Gasteiger partial charge on any atom is -0.352 e. The number of sulfonamides is 1. The Hall–Kier alpha value is -3.36. The zero-order chi connectivity index (χ0) is 29.4. The van der Waals surface area contributed by atoms with Gasteiger partial charge in [-0.3, -0.25) is 13.9 Å². The number of nitrogens with one attached hydrogen (secondary N) is 1. The maximum Gasteiger partial charge on any atom is 0.264 e. The van der Waals surface area contributed by atoms with E-state index >= 15 is 0 Å². The summed E-state index contributed by atoms with van der Waals surface area (Å²) >= 11 is 6.09. The molecule has 40 heavy (non-hydrogen) atoms. The highest BCUT2D eigenvalue weighted by Crippen LogP contribution is 2.26. The van der Waals surface area contributed by atoms with Crippen LogP contribution in [0.5, 0.6) is 0 Å². The van der Waals surface area contributed by atoms with Gasteiger partial charge in [-0.1, -0.05) is 67.4 Å². The second-order valence-electron chi connectivity index (χ2n) is 9.99. The second kappa shape index (κ2) is 13.8. The molecule has 214 valence electrons. The maximum atomic E-state index is 14.1. The number of carbonyl (C=O) groups is 2. The molecule has 0 fully saturated rings. The number of aryl methyl sites for hydroxylation is 2. The molecule has 0 saturated carbocycles. The highest BCUT2D eigenvalue weighted by molar-refractivity contribution is 7.92. The third kappa shape index (κ3) is 7.64. The average Bonchev–Trinajstić information content (AvgIpc) is 2.93. The van der Waals surface area contributed by atoms with Gasteiger partial charge in [0.05, 0.1) is 10.6 Å². The minimum absolute atomic E-state index is 0.0628. The van der Waals surface area contributed by atoms with E-state index in [-0.39, 0.29) is 23.4 Å². The van der Waals surface area contributed by atoms with Crippen molar-refractivity contribution in [2.45, 2.75) is 71.0 Å². The number of amides is 2. The Bertz CT molecular complexity index is 1410. The summed E-state index contributed by atoms with van der Waals surface area (Å²) in [6.07, 6.45) is 1.11. The van der Waals surface area contributed by atoms with Crippen LogP contribution in [0.15, 0.2) is 77.7 Å². The lowest BCUT2D eigenvalue weighted by Crippen LogP contribution is -2.53. The predicted molar refractivity (Wildman–Crippen MR) is 161 cm³/mol. The van der Waals surface area contributed by atoms with Crippen LogP contribution in [0, 0.1) is 13.8 Å². The Labute approximate surface area is 243 Å². The van der Waals surface area contributed by atoms with Gasteiger partial charge in [0.25, 0.3) is 10.0 Å². The smallest absolute Gasteiger partial charge is 0.264 e. The molecule has 0 radical (unpaired) electrons. The van der Waals surface area contributed by atoms with Crippen molar-refractivity contribution in [2.75, 3.05) is 10.8 Å². The molecule has 0 aliphatic heterocycles. The number of hydrogen-bond acceptors (Lipinski definition) is 4. The number of rotatable bonds is 12. The molecular formula is C31H38ClN3O4S. The van der Waals surface area contributed by atoms with Crippen molar-refractivity contribution in [3.8, 4) is 0 Å². The van der Waals surface area contributed by atoms with Crippen LogP contribution in [-0.4, -0.2) is 43.8 Å². The summed E-state index contributed by atoms with van der Waals surface area (Å²) in [7, 11) is -4.13. The van der Waals surface area contributed by atoms with Crippen molar-refractivity contribution in [1.82, 2.24) is 10.2 Å². The zero-order valence-corrected chi connectivity index (χ0v) is 25.3. The Kier molecular flexibility index (Phi) is 10.8. The van der Waals surface area contributed by atoms with Gasteiger partial charge in [0.2, 0.25) is 11.8 Å². The van der Waals surface area contributed by atoms with Gasteiger partial charge in [0, 0.05) is 17.6 Å². The molecule has 0 aromatic heterocycles. The second-order valence-corrected chi connectivity index (χ2v) is 12.3. The van der Waals surface area contributed by atoms with E-state index < -0.39 is 28.5 Å². The average molecular weight is 584 g/mol. The summed E-state index contributed by atoms with van der Waals surface area (Å²) < 4.78 is 28.9. The van der Waals surface area contributed by atoms with Crippen LogP contribution in [-0.2, 0) is 26.2 Å². The normalized spacial score (nSPS) is 12.8. The number of benzene rings is 3. The highest BCUT2D eigenvalue weighted by Gasteiger charge is 2.34. The first-order valence-electron chi connectivity index (χ1n) is 13.5. The van der Waals surface area contributed by atoms with Gasteiger partial charge < -0.3 is 10.2 Å². The Balaban J connectivity index is 2.06. The first-order valence-corrected chi connectivity index (χ1v) is 15.3. The van der Waals surface area contributed by atoms with E-state index in [1.54, 1.807) is 36.4 Å². The third-order valence-electron chi connectivity index (χ3n) is 6.99. The highest BCUT2D eigenvalue weighted by atomic mass is 35.5. The summed E-state index contributed by atoms with van der Waals surface area (Å²) in [6.45, 7) is 9.22. The SMILES string of the molecule is CC[C@@H](C)NC(=O)[C@@H](CC)N(Cc1ccccc1C)C(=O)CN(c1ccc(Cl)cc1)S(=O)(=O)c1ccc(C)cc1. The van der Waals surface area contributed by atoms with Crippen molar-refractivity contribution in [3.63, 3.8) is 0 Å². The topological polar surface area (TPSA) is 86.8 Å². The molecular weight excluding hydrogens is 546 g/mol. The van der Waals surface area contributed by atoms with Crippen molar-refractivity contribution in [1.29, 1.82) is 0 Å². The monoisotopic (exact) mass is 583 g/mol. The van der Waals surface area contributed by atoms with Crippen LogP contribution in [0.4, 0.5) is 5.69 Å². The Morgan fingerprint density at radius 3 is 2.10 bits per heavy atom. The van der Waals surface area contributed by atoms with E-state index in [0.29, 0.717) is 17.1 Å². The van der Waals surface area contributed by atoms with Gasteiger partial charge in [0.15, 0.2) is 0 Å². The maximum absolute atomic E-state index is 14.1. The largest absolute Gasteiger partial charge is 0.352 e. The number of halogens is 1. The van der Waals surface area contributed by atoms with Gasteiger partial charge >= 0.3 is 0 Å². The van der Waals surface area contributed by atoms with Crippen LogP contribution in [0.3, 0.4) is 0 Å². The van der Waals surface area contributed by atoms with Crippen LogP contribution in [0.2, 0.25) is 5.02 Å². The van der Waals surface area contributed by atoms with Crippen molar-refractivity contribution < 1.29 is 18.0 Å². The minimum atomic E-state index is -4.13. The van der Waals surface area contributed by atoms with Crippen molar-refractivity contribution in [2.24, 2.45) is 0 Å². The third-order valence-corrected chi connectivity index (χ3v) is 9.03. The molecule has 7 nitrogen and oxygen atoms in total. The molecule has 2 amide bonds. The lowest BCUT2D eigenvalue weighted by Gasteiger charge is -2.34. The summed E-state index contributed by atoms with van der Waals surface area (Å²) in [5, 5.41) is 3.43. The predicted octanol–water partition coefficient (Wildman–Crippen LogP) is 5.87. The molecule has 0 saturated heterocycles. The van der Waals surface area contributed by atoms with E-state index in [1.165, 1.54) is 17.0 Å². The summed E-state index contributed by atoms with van der Waals surface area (Å²) in [6, 6.07) is 19.6. The standard InChI is InChI=1S/C31H38ClN3O4S/c1-6-24(5)33-31(37)29(7-2)34(20-25-11-9-8-10-23(25)4)30(36)21-35(27-16-14-26(32)15-17-27)40(38,39)28-18-12-22(3)13-19-28/h8-19,24,29H,6-7,20-21H2,1-5H3,(H,33,37)/t24-,29-/m1/s1. The Morgan fingerprint density at radius 1 is 0.900 bits per heavy atom. The molecule has 1 N–H and O–H groups in total. The molecule has 0 unspecified atom stereocenters. The van der Waals surface area contributed by atoms with Gasteiger partial charge in [0.1, 0.15) is 12.6 Å². The number of carbonyl (C=O) groups excluding carboxylic acids is 2.